The quantitative estimate of drug-likeness (QED) is 0.759. The van der Waals surface area contributed by atoms with Gasteiger partial charge in [0.05, 0.1) is 12.1 Å². The molecule has 0 atom stereocenters. The van der Waals surface area contributed by atoms with Crippen LogP contribution in [0.2, 0.25) is 5.15 Å². The van der Waals surface area contributed by atoms with E-state index >= 15 is 0 Å². The number of benzene rings is 1. The van der Waals surface area contributed by atoms with Crippen molar-refractivity contribution < 1.29 is 4.84 Å². The smallest absolute Gasteiger partial charge is 0.132 e. The molecule has 5 heteroatoms. The lowest BCUT2D eigenvalue weighted by atomic mass is 10.1. The first kappa shape index (κ1) is 9.45. The summed E-state index contributed by atoms with van der Waals surface area (Å²) in [6, 6.07) is 5.90. The maximum atomic E-state index is 5.87. The Morgan fingerprint density at radius 3 is 3.14 bits per heavy atom. The minimum absolute atomic E-state index is 0.504. The number of H-pyrrole nitrogens is 1. The highest BCUT2D eigenvalue weighted by atomic mass is 35.5. The summed E-state index contributed by atoms with van der Waals surface area (Å²) in [7, 11) is 0. The molecule has 0 saturated carbocycles. The lowest BCUT2D eigenvalue weighted by molar-refractivity contribution is 0.141. The molecule has 0 aliphatic carbocycles. The number of halogens is 1. The number of aromatic nitrogens is 2. The molecule has 14 heavy (non-hydrogen) atoms. The van der Waals surface area contributed by atoms with Crippen molar-refractivity contribution >= 4 is 22.5 Å². The van der Waals surface area contributed by atoms with Crippen molar-refractivity contribution in [3.8, 4) is 0 Å². The fourth-order valence-corrected chi connectivity index (χ4v) is 1.56. The van der Waals surface area contributed by atoms with Gasteiger partial charge in [-0.2, -0.15) is 5.10 Å². The largest absolute Gasteiger partial charge is 0.304 e. The minimum Gasteiger partial charge on any atom is -0.304 e. The van der Waals surface area contributed by atoms with Gasteiger partial charge in [0.15, 0.2) is 0 Å². The molecule has 0 unspecified atom stereocenters. The molecule has 0 fully saturated rings. The van der Waals surface area contributed by atoms with E-state index in [1.807, 2.05) is 18.2 Å². The van der Waals surface area contributed by atoms with Crippen molar-refractivity contribution in [3.63, 3.8) is 0 Å². The molecule has 0 bridgehead atoms. The summed E-state index contributed by atoms with van der Waals surface area (Å²) in [5.41, 5.74) is 2.00. The molecule has 74 valence electrons. The summed E-state index contributed by atoms with van der Waals surface area (Å²) in [5, 5.41) is 8.28. The summed E-state index contributed by atoms with van der Waals surface area (Å²) in [4.78, 5) is 4.51. The number of nitrogens with two attached hydrogens (primary N) is 1. The average Bonchev–Trinajstić information content (AvgIpc) is 2.57. The summed E-state index contributed by atoms with van der Waals surface area (Å²) >= 11 is 5.87. The van der Waals surface area contributed by atoms with Gasteiger partial charge in [-0.05, 0) is 24.1 Å². The van der Waals surface area contributed by atoms with Crippen LogP contribution in [0.4, 0.5) is 0 Å². The Labute approximate surface area is 86.0 Å². The molecule has 0 saturated heterocycles. The molecule has 0 aliphatic rings. The molecular formula is C9H10ClN3O. The summed E-state index contributed by atoms with van der Waals surface area (Å²) < 4.78 is 0. The third-order valence-electron chi connectivity index (χ3n) is 2.08. The lowest BCUT2D eigenvalue weighted by Gasteiger charge is -1.98. The molecule has 3 N–H and O–H groups in total. The number of nitrogens with one attached hydrogen (secondary N) is 1. The van der Waals surface area contributed by atoms with Crippen LogP contribution >= 0.6 is 11.6 Å². The molecule has 2 aromatic rings. The minimum atomic E-state index is 0.504. The highest BCUT2D eigenvalue weighted by Gasteiger charge is 2.03. The van der Waals surface area contributed by atoms with Crippen LogP contribution < -0.4 is 5.90 Å². The number of hydrogen-bond donors (Lipinski definition) is 2. The Balaban J connectivity index is 2.32. The van der Waals surface area contributed by atoms with E-state index in [2.05, 4.69) is 15.0 Å². The predicted molar refractivity (Wildman–Crippen MR) is 54.9 cm³/mol. The van der Waals surface area contributed by atoms with Gasteiger partial charge >= 0.3 is 0 Å². The van der Waals surface area contributed by atoms with Gasteiger partial charge in [0.25, 0.3) is 0 Å². The van der Waals surface area contributed by atoms with Crippen LogP contribution in [-0.4, -0.2) is 16.8 Å². The van der Waals surface area contributed by atoms with Crippen molar-refractivity contribution in [2.45, 2.75) is 6.42 Å². The first-order chi connectivity index (χ1) is 6.81. The molecule has 0 aliphatic heterocycles. The van der Waals surface area contributed by atoms with Crippen LogP contribution in [0.1, 0.15) is 5.56 Å². The maximum Gasteiger partial charge on any atom is 0.132 e. The van der Waals surface area contributed by atoms with Gasteiger partial charge in [0.1, 0.15) is 5.15 Å². The van der Waals surface area contributed by atoms with E-state index in [0.717, 1.165) is 22.9 Å². The van der Waals surface area contributed by atoms with Crippen molar-refractivity contribution in [1.82, 2.24) is 10.2 Å². The number of fused-ring (bicyclic) bond motifs is 1. The van der Waals surface area contributed by atoms with Crippen molar-refractivity contribution in [1.29, 1.82) is 0 Å². The molecule has 1 aromatic heterocycles. The highest BCUT2D eigenvalue weighted by Crippen LogP contribution is 2.21. The van der Waals surface area contributed by atoms with Gasteiger partial charge in [-0.15, -0.1) is 0 Å². The van der Waals surface area contributed by atoms with E-state index in [1.54, 1.807) is 0 Å². The topological polar surface area (TPSA) is 63.9 Å². The number of nitrogens with zero attached hydrogens (tertiary/aromatic N) is 1. The molecular weight excluding hydrogens is 202 g/mol. The average molecular weight is 212 g/mol. The number of rotatable bonds is 3. The Hall–Kier alpha value is -1.10. The van der Waals surface area contributed by atoms with Crippen LogP contribution in [-0.2, 0) is 11.3 Å². The van der Waals surface area contributed by atoms with Gasteiger partial charge in [-0.1, -0.05) is 17.7 Å². The second kappa shape index (κ2) is 3.96. The first-order valence-corrected chi connectivity index (χ1v) is 4.63. The Kier molecular flexibility index (Phi) is 2.67. The maximum absolute atomic E-state index is 5.87. The predicted octanol–water partition coefficient (Wildman–Crippen LogP) is 1.65. The van der Waals surface area contributed by atoms with E-state index in [1.165, 1.54) is 0 Å². The first-order valence-electron chi connectivity index (χ1n) is 4.25. The molecule has 1 aromatic carbocycles. The fraction of sp³-hybridized carbons (Fsp3) is 0.222. The van der Waals surface area contributed by atoms with Gasteiger partial charge in [0.2, 0.25) is 0 Å². The Morgan fingerprint density at radius 1 is 1.50 bits per heavy atom. The second-order valence-electron chi connectivity index (χ2n) is 3.01. The van der Waals surface area contributed by atoms with Crippen molar-refractivity contribution in [2.24, 2.45) is 5.90 Å². The summed E-state index contributed by atoms with van der Waals surface area (Å²) in [5.74, 6) is 4.95. The molecule has 0 amide bonds. The van der Waals surface area contributed by atoms with Crippen molar-refractivity contribution in [3.05, 3.63) is 28.9 Å². The van der Waals surface area contributed by atoms with E-state index in [4.69, 9.17) is 17.5 Å². The van der Waals surface area contributed by atoms with E-state index in [0.29, 0.717) is 11.8 Å². The zero-order valence-electron chi connectivity index (χ0n) is 7.46. The van der Waals surface area contributed by atoms with E-state index in [-0.39, 0.29) is 0 Å². The van der Waals surface area contributed by atoms with Gasteiger partial charge < -0.3 is 4.84 Å². The molecule has 4 nitrogen and oxygen atoms in total. The molecule has 0 spiro atoms. The Bertz CT molecular complexity index is 441. The zero-order chi connectivity index (χ0) is 9.97. The SMILES string of the molecule is NOCCc1ccc2c(Cl)[nH]nc2c1. The van der Waals surface area contributed by atoms with E-state index in [9.17, 15) is 0 Å². The van der Waals surface area contributed by atoms with E-state index < -0.39 is 0 Å². The number of aromatic amines is 1. The fourth-order valence-electron chi connectivity index (χ4n) is 1.36. The van der Waals surface area contributed by atoms with Crippen LogP contribution in [0.25, 0.3) is 10.9 Å². The van der Waals surface area contributed by atoms with Crippen LogP contribution in [0.5, 0.6) is 0 Å². The summed E-state index contributed by atoms with van der Waals surface area (Å²) in [6.45, 7) is 0.504. The van der Waals surface area contributed by atoms with Gasteiger partial charge in [0, 0.05) is 5.39 Å². The van der Waals surface area contributed by atoms with Crippen LogP contribution in [0.15, 0.2) is 18.2 Å². The van der Waals surface area contributed by atoms with Crippen LogP contribution in [0.3, 0.4) is 0 Å². The lowest BCUT2D eigenvalue weighted by Crippen LogP contribution is -2.03. The molecule has 0 radical (unpaired) electrons. The standard InChI is InChI=1S/C9H10ClN3O/c10-9-7-2-1-6(3-4-14-11)5-8(7)12-13-9/h1-2,5H,3-4,11H2,(H,12,13). The molecule has 1 heterocycles. The third-order valence-corrected chi connectivity index (χ3v) is 2.37. The highest BCUT2D eigenvalue weighted by molar-refractivity contribution is 6.34. The van der Waals surface area contributed by atoms with Crippen LogP contribution in [0, 0.1) is 0 Å². The normalized spacial score (nSPS) is 11.0. The Morgan fingerprint density at radius 2 is 2.36 bits per heavy atom. The van der Waals surface area contributed by atoms with Crippen molar-refractivity contribution in [2.75, 3.05) is 6.61 Å². The van der Waals surface area contributed by atoms with Gasteiger partial charge in [-0.25, -0.2) is 5.90 Å². The molecule has 2 rings (SSSR count). The van der Waals surface area contributed by atoms with Gasteiger partial charge in [-0.3, -0.25) is 5.10 Å². The summed E-state index contributed by atoms with van der Waals surface area (Å²) in [6.07, 6.45) is 0.775. The monoisotopic (exact) mass is 211 g/mol. The number of hydrogen-bond acceptors (Lipinski definition) is 3. The third kappa shape index (κ3) is 1.72. The second-order valence-corrected chi connectivity index (χ2v) is 3.39. The zero-order valence-corrected chi connectivity index (χ0v) is 8.21.